The number of hydrogen-bond donors (Lipinski definition) is 3. The molecule has 3 aromatic rings. The number of carbonyl (C=O) groups is 2. The molecule has 3 rings (SSSR count). The maximum Gasteiger partial charge on any atom is 0.406 e. The molecule has 2 atom stereocenters. The fourth-order valence-electron chi connectivity index (χ4n) is 3.47. The fourth-order valence-corrected chi connectivity index (χ4v) is 3.47. The topological polar surface area (TPSA) is 106 Å². The summed E-state index contributed by atoms with van der Waals surface area (Å²) in [5.74, 6) is 0.519. The normalized spacial score (nSPS) is 12.8. The van der Waals surface area contributed by atoms with E-state index >= 15 is 0 Å². The number of nitrogens with one attached hydrogen (secondary N) is 2. The van der Waals surface area contributed by atoms with Gasteiger partial charge in [-0.3, -0.25) is 0 Å². The molecule has 0 unspecified atom stereocenters. The van der Waals surface area contributed by atoms with E-state index in [0.717, 1.165) is 39.4 Å². The van der Waals surface area contributed by atoms with Crippen molar-refractivity contribution in [1.82, 2.24) is 10.3 Å². The second-order valence-corrected chi connectivity index (χ2v) is 7.26. The highest BCUT2D eigenvalue weighted by atomic mass is 16.5. The lowest BCUT2D eigenvalue weighted by molar-refractivity contribution is -0.108. The quantitative estimate of drug-likeness (QED) is 0.513. The van der Waals surface area contributed by atoms with Crippen LogP contribution in [0.5, 0.6) is 0 Å². The Hall–Kier alpha value is -3.61. The minimum Gasteiger partial charge on any atom is -0.449 e. The Morgan fingerprint density at radius 3 is 2.73 bits per heavy atom. The number of aryl methyl sites for hydroxylation is 1. The van der Waals surface area contributed by atoms with Gasteiger partial charge in [-0.25, -0.2) is 9.78 Å². The molecule has 0 radical (unpaired) electrons. The van der Waals surface area contributed by atoms with Crippen LogP contribution in [0.15, 0.2) is 48.7 Å². The van der Waals surface area contributed by atoms with E-state index in [1.165, 1.54) is 7.05 Å². The number of rotatable bonds is 7. The van der Waals surface area contributed by atoms with Crippen molar-refractivity contribution < 1.29 is 14.3 Å². The number of amides is 1. The highest BCUT2D eigenvalue weighted by molar-refractivity contribution is 5.93. The van der Waals surface area contributed by atoms with Crippen LogP contribution in [0, 0.1) is 6.92 Å². The first-order valence-electron chi connectivity index (χ1n) is 9.74. The van der Waals surface area contributed by atoms with Crippen molar-refractivity contribution in [3.05, 3.63) is 65.4 Å². The molecule has 30 heavy (non-hydrogen) atoms. The van der Waals surface area contributed by atoms with Gasteiger partial charge in [-0.15, -0.1) is 0 Å². The van der Waals surface area contributed by atoms with E-state index in [0.29, 0.717) is 5.82 Å². The van der Waals surface area contributed by atoms with E-state index in [1.54, 1.807) is 6.20 Å². The summed E-state index contributed by atoms with van der Waals surface area (Å²) in [6.45, 7) is 4.27. The number of aromatic nitrogens is 1. The second kappa shape index (κ2) is 9.26. The van der Waals surface area contributed by atoms with E-state index in [4.69, 9.17) is 10.5 Å². The summed E-state index contributed by atoms with van der Waals surface area (Å²) < 4.78 is 5.15. The Kier molecular flexibility index (Phi) is 6.51. The van der Waals surface area contributed by atoms with E-state index < -0.39 is 12.1 Å². The van der Waals surface area contributed by atoms with Gasteiger partial charge in [0.2, 0.25) is 0 Å². The van der Waals surface area contributed by atoms with Crippen LogP contribution in [0.2, 0.25) is 0 Å². The van der Waals surface area contributed by atoms with Gasteiger partial charge in [-0.05, 0) is 53.3 Å². The van der Waals surface area contributed by atoms with Gasteiger partial charge < -0.3 is 25.9 Å². The Morgan fingerprint density at radius 1 is 1.23 bits per heavy atom. The third-order valence-electron chi connectivity index (χ3n) is 5.11. The molecule has 1 aromatic heterocycles. The lowest BCUT2D eigenvalue weighted by Gasteiger charge is -2.19. The van der Waals surface area contributed by atoms with E-state index in [9.17, 15) is 9.59 Å². The summed E-state index contributed by atoms with van der Waals surface area (Å²) in [5.41, 5.74) is 9.69. The minimum atomic E-state index is -0.494. The number of nitrogens with zero attached hydrogens (tertiary/aromatic N) is 1. The van der Waals surface area contributed by atoms with Gasteiger partial charge in [0.25, 0.3) is 0 Å². The molecule has 156 valence electrons. The Bertz CT molecular complexity index is 1070. The molecule has 0 saturated carbocycles. The third kappa shape index (κ3) is 4.68. The highest BCUT2D eigenvalue weighted by Gasteiger charge is 2.15. The van der Waals surface area contributed by atoms with Crippen molar-refractivity contribution in [2.75, 3.05) is 24.7 Å². The van der Waals surface area contributed by atoms with Crippen molar-refractivity contribution in [3.63, 3.8) is 0 Å². The summed E-state index contributed by atoms with van der Waals surface area (Å²) in [4.78, 5) is 27.2. The molecule has 0 aliphatic rings. The number of aldehydes is 1. The standard InChI is InChI=1S/C23H26N4O3/c1-14-10-17(4-6-19(14)15(2)13-30-23(29)25-3)21(12-28)27-18-5-7-20-16(11-18)8-9-26-22(20)24/h4-12,15,21,27H,13H2,1-3H3,(H2,24,26)(H,25,29)/t15-,21-/m0/s1. The van der Waals surface area contributed by atoms with Crippen LogP contribution in [-0.2, 0) is 9.53 Å². The highest BCUT2D eigenvalue weighted by Crippen LogP contribution is 2.27. The van der Waals surface area contributed by atoms with Gasteiger partial charge in [0.15, 0.2) is 0 Å². The first-order chi connectivity index (χ1) is 14.4. The number of hydrogen-bond acceptors (Lipinski definition) is 6. The summed E-state index contributed by atoms with van der Waals surface area (Å²) in [7, 11) is 1.53. The minimum absolute atomic E-state index is 0.0403. The maximum atomic E-state index is 11.8. The number of fused-ring (bicyclic) bond motifs is 1. The monoisotopic (exact) mass is 406 g/mol. The Balaban J connectivity index is 1.77. The number of ether oxygens (including phenoxy) is 1. The molecule has 1 heterocycles. The first kappa shape index (κ1) is 21.1. The Labute approximate surface area is 175 Å². The van der Waals surface area contributed by atoms with Crippen LogP contribution in [0.1, 0.15) is 35.6 Å². The van der Waals surface area contributed by atoms with Crippen molar-refractivity contribution in [2.45, 2.75) is 25.8 Å². The van der Waals surface area contributed by atoms with Gasteiger partial charge in [0.05, 0.1) is 6.61 Å². The molecule has 7 heteroatoms. The molecule has 0 bridgehead atoms. The smallest absolute Gasteiger partial charge is 0.406 e. The van der Waals surface area contributed by atoms with Crippen LogP contribution in [0.25, 0.3) is 10.8 Å². The number of nitrogen functional groups attached to an aromatic ring is 1. The summed E-state index contributed by atoms with van der Waals surface area (Å²) in [6, 6.07) is 13.0. The largest absolute Gasteiger partial charge is 0.449 e. The molecule has 1 amide bonds. The molecule has 4 N–H and O–H groups in total. The van der Waals surface area contributed by atoms with Gasteiger partial charge in [0.1, 0.15) is 18.1 Å². The van der Waals surface area contributed by atoms with Crippen LogP contribution >= 0.6 is 0 Å². The second-order valence-electron chi connectivity index (χ2n) is 7.26. The number of anilines is 2. The molecular formula is C23H26N4O3. The Morgan fingerprint density at radius 2 is 2.03 bits per heavy atom. The lowest BCUT2D eigenvalue weighted by Crippen LogP contribution is -2.21. The zero-order valence-electron chi connectivity index (χ0n) is 17.3. The molecule has 7 nitrogen and oxygen atoms in total. The van der Waals surface area contributed by atoms with Crippen molar-refractivity contribution in [2.24, 2.45) is 0 Å². The zero-order chi connectivity index (χ0) is 21.7. The zero-order valence-corrected chi connectivity index (χ0v) is 17.3. The van der Waals surface area contributed by atoms with Crippen molar-refractivity contribution in [3.8, 4) is 0 Å². The molecular weight excluding hydrogens is 380 g/mol. The molecule has 2 aromatic carbocycles. The number of carbonyl (C=O) groups excluding carboxylic acids is 2. The van der Waals surface area contributed by atoms with E-state index in [-0.39, 0.29) is 12.5 Å². The number of benzene rings is 2. The molecule has 0 spiro atoms. The SMILES string of the molecule is CNC(=O)OC[C@H](C)c1ccc([C@H](C=O)Nc2ccc3c(N)nccc3c2)cc1C. The van der Waals surface area contributed by atoms with Crippen LogP contribution in [0.4, 0.5) is 16.3 Å². The predicted octanol–water partition coefficient (Wildman–Crippen LogP) is 3.94. The summed E-state index contributed by atoms with van der Waals surface area (Å²) >= 11 is 0. The van der Waals surface area contributed by atoms with Gasteiger partial charge in [-0.1, -0.05) is 25.1 Å². The van der Waals surface area contributed by atoms with Crippen molar-refractivity contribution in [1.29, 1.82) is 0 Å². The molecule has 0 fully saturated rings. The van der Waals surface area contributed by atoms with E-state index in [2.05, 4.69) is 15.6 Å². The van der Waals surface area contributed by atoms with Gasteiger partial charge in [-0.2, -0.15) is 0 Å². The molecule has 0 aliphatic carbocycles. The third-order valence-corrected chi connectivity index (χ3v) is 5.11. The molecule has 0 saturated heterocycles. The average molecular weight is 406 g/mol. The van der Waals surface area contributed by atoms with E-state index in [1.807, 2.05) is 56.3 Å². The van der Waals surface area contributed by atoms with Crippen molar-refractivity contribution >= 4 is 34.7 Å². The lowest BCUT2D eigenvalue weighted by atomic mass is 9.93. The first-order valence-corrected chi connectivity index (χ1v) is 9.74. The van der Waals surface area contributed by atoms with Crippen LogP contribution < -0.4 is 16.4 Å². The van der Waals surface area contributed by atoms with Gasteiger partial charge in [0, 0.05) is 30.2 Å². The number of alkyl carbamates (subject to hydrolysis) is 1. The molecule has 0 aliphatic heterocycles. The van der Waals surface area contributed by atoms with Crippen LogP contribution in [-0.4, -0.2) is 31.0 Å². The fraction of sp³-hybridized carbons (Fsp3) is 0.261. The average Bonchev–Trinajstić information content (AvgIpc) is 2.75. The summed E-state index contributed by atoms with van der Waals surface area (Å²) in [6.07, 6.45) is 2.10. The van der Waals surface area contributed by atoms with Gasteiger partial charge >= 0.3 is 6.09 Å². The maximum absolute atomic E-state index is 11.8. The number of nitrogens with two attached hydrogens (primary N) is 1. The summed E-state index contributed by atoms with van der Waals surface area (Å²) in [5, 5.41) is 7.54. The van der Waals surface area contributed by atoms with Crippen LogP contribution in [0.3, 0.4) is 0 Å². The number of pyridine rings is 1. The predicted molar refractivity (Wildman–Crippen MR) is 119 cm³/mol.